The Morgan fingerprint density at radius 2 is 1.71 bits per heavy atom. The number of para-hydroxylation sites is 1. The molecule has 0 saturated heterocycles. The van der Waals surface area contributed by atoms with Gasteiger partial charge in [-0.15, -0.1) is 11.8 Å². The molecule has 4 nitrogen and oxygen atoms in total. The Kier molecular flexibility index (Phi) is 4.45. The second-order valence-electron chi connectivity index (χ2n) is 6.86. The molecule has 0 bridgehead atoms. The highest BCUT2D eigenvalue weighted by Gasteiger charge is 2.30. The fourth-order valence-corrected chi connectivity index (χ4v) is 4.89. The largest absolute Gasteiger partial charge is 0.454 e. The average molecular weight is 389 g/mol. The summed E-state index contributed by atoms with van der Waals surface area (Å²) < 4.78 is 11.0. The van der Waals surface area contributed by atoms with Gasteiger partial charge in [0.2, 0.25) is 12.7 Å². The molecule has 2 heterocycles. The number of amides is 1. The minimum atomic E-state index is 0.0314. The Bertz CT molecular complexity index is 1020. The minimum absolute atomic E-state index is 0.0314. The maximum atomic E-state index is 13.3. The van der Waals surface area contributed by atoms with Crippen LogP contribution in [0.5, 0.6) is 11.5 Å². The van der Waals surface area contributed by atoms with E-state index in [1.807, 2.05) is 59.5 Å². The van der Waals surface area contributed by atoms with E-state index in [-0.39, 0.29) is 18.0 Å². The lowest BCUT2D eigenvalue weighted by molar-refractivity contribution is -0.118. The van der Waals surface area contributed by atoms with Gasteiger partial charge in [-0.2, -0.15) is 0 Å². The normalized spacial score (nSPS) is 17.9. The van der Waals surface area contributed by atoms with Crippen LogP contribution in [-0.4, -0.2) is 12.7 Å². The molecule has 0 aromatic heterocycles. The lowest BCUT2D eigenvalue weighted by Gasteiger charge is -2.22. The van der Waals surface area contributed by atoms with E-state index in [0.29, 0.717) is 13.0 Å². The Labute approximate surface area is 168 Å². The number of anilines is 1. The molecule has 0 spiro atoms. The van der Waals surface area contributed by atoms with Crippen molar-refractivity contribution < 1.29 is 14.3 Å². The lowest BCUT2D eigenvalue weighted by Crippen LogP contribution is -2.30. The van der Waals surface area contributed by atoms with Gasteiger partial charge in [-0.05, 0) is 35.4 Å². The van der Waals surface area contributed by atoms with E-state index in [1.54, 1.807) is 11.8 Å². The molecule has 0 radical (unpaired) electrons. The average Bonchev–Trinajstić information content (AvgIpc) is 3.15. The fourth-order valence-electron chi connectivity index (χ4n) is 3.62. The number of ether oxygens (including phenoxy) is 2. The Morgan fingerprint density at radius 3 is 2.61 bits per heavy atom. The monoisotopic (exact) mass is 389 g/mol. The molecule has 0 fully saturated rings. The van der Waals surface area contributed by atoms with E-state index < -0.39 is 0 Å². The number of fused-ring (bicyclic) bond motifs is 2. The third-order valence-corrected chi connectivity index (χ3v) is 6.36. The van der Waals surface area contributed by atoms with E-state index in [0.717, 1.165) is 33.2 Å². The number of rotatable bonds is 3. The number of thioether (sulfide) groups is 1. The van der Waals surface area contributed by atoms with Crippen LogP contribution < -0.4 is 14.4 Å². The highest BCUT2D eigenvalue weighted by atomic mass is 32.2. The molecule has 3 aromatic rings. The third-order valence-electron chi connectivity index (χ3n) is 5.04. The summed E-state index contributed by atoms with van der Waals surface area (Å²) in [4.78, 5) is 16.3. The number of hydrogen-bond donors (Lipinski definition) is 0. The highest BCUT2D eigenvalue weighted by molar-refractivity contribution is 7.99. The van der Waals surface area contributed by atoms with Crippen molar-refractivity contribution in [1.29, 1.82) is 0 Å². The molecule has 140 valence electrons. The summed E-state index contributed by atoms with van der Waals surface area (Å²) in [5, 5.41) is 0.0314. The topological polar surface area (TPSA) is 38.8 Å². The van der Waals surface area contributed by atoms with Crippen molar-refractivity contribution in [2.24, 2.45) is 0 Å². The molecule has 1 atom stereocenters. The minimum Gasteiger partial charge on any atom is -0.454 e. The van der Waals surface area contributed by atoms with Crippen molar-refractivity contribution in [1.82, 2.24) is 0 Å². The second kappa shape index (κ2) is 7.24. The molecule has 0 N–H and O–H groups in total. The van der Waals surface area contributed by atoms with Gasteiger partial charge in [-0.1, -0.05) is 48.5 Å². The van der Waals surface area contributed by atoms with Crippen LogP contribution in [0.25, 0.3) is 0 Å². The molecule has 5 rings (SSSR count). The summed E-state index contributed by atoms with van der Waals surface area (Å²) in [7, 11) is 0. The molecule has 1 unspecified atom stereocenters. The van der Waals surface area contributed by atoms with Crippen molar-refractivity contribution in [3.05, 3.63) is 83.9 Å². The van der Waals surface area contributed by atoms with E-state index in [9.17, 15) is 4.79 Å². The summed E-state index contributed by atoms with van der Waals surface area (Å²) in [5.41, 5.74) is 3.18. The third kappa shape index (κ3) is 3.22. The zero-order valence-electron chi connectivity index (χ0n) is 15.2. The SMILES string of the molecule is O=C1CC(c2ccc3c(c2)OCO3)Sc2ccccc2N1Cc1ccccc1. The Balaban J connectivity index is 1.50. The quantitative estimate of drug-likeness (QED) is 0.618. The van der Waals surface area contributed by atoms with Gasteiger partial charge in [0.25, 0.3) is 0 Å². The first-order chi connectivity index (χ1) is 13.8. The van der Waals surface area contributed by atoms with Crippen LogP contribution in [0.4, 0.5) is 5.69 Å². The van der Waals surface area contributed by atoms with E-state index in [4.69, 9.17) is 9.47 Å². The second-order valence-corrected chi connectivity index (χ2v) is 8.10. The molecule has 5 heteroatoms. The van der Waals surface area contributed by atoms with Gasteiger partial charge in [0, 0.05) is 16.6 Å². The Morgan fingerprint density at radius 1 is 0.929 bits per heavy atom. The molecule has 2 aliphatic heterocycles. The van der Waals surface area contributed by atoms with Crippen molar-refractivity contribution in [3.63, 3.8) is 0 Å². The van der Waals surface area contributed by atoms with Crippen LogP contribution in [0.3, 0.4) is 0 Å². The van der Waals surface area contributed by atoms with Crippen molar-refractivity contribution in [2.75, 3.05) is 11.7 Å². The highest BCUT2D eigenvalue weighted by Crippen LogP contribution is 2.47. The van der Waals surface area contributed by atoms with Crippen molar-refractivity contribution in [2.45, 2.75) is 23.1 Å². The zero-order chi connectivity index (χ0) is 18.9. The van der Waals surface area contributed by atoms with Gasteiger partial charge in [-0.25, -0.2) is 0 Å². The number of nitrogens with zero attached hydrogens (tertiary/aromatic N) is 1. The molecule has 0 saturated carbocycles. The van der Waals surface area contributed by atoms with Crippen LogP contribution in [0, 0.1) is 0 Å². The van der Waals surface area contributed by atoms with Crippen LogP contribution in [0.1, 0.15) is 22.8 Å². The first kappa shape index (κ1) is 17.2. The van der Waals surface area contributed by atoms with E-state index in [2.05, 4.69) is 18.2 Å². The van der Waals surface area contributed by atoms with Crippen molar-refractivity contribution >= 4 is 23.4 Å². The molecule has 3 aromatic carbocycles. The maximum absolute atomic E-state index is 13.3. The van der Waals surface area contributed by atoms with E-state index in [1.165, 1.54) is 0 Å². The predicted molar refractivity (Wildman–Crippen MR) is 110 cm³/mol. The number of carbonyl (C=O) groups is 1. The first-order valence-corrected chi connectivity index (χ1v) is 10.2. The maximum Gasteiger partial charge on any atom is 0.231 e. The smallest absolute Gasteiger partial charge is 0.231 e. The van der Waals surface area contributed by atoms with Crippen LogP contribution >= 0.6 is 11.8 Å². The summed E-state index contributed by atoms with van der Waals surface area (Å²) in [6, 6.07) is 24.2. The molecule has 1 amide bonds. The summed E-state index contributed by atoms with van der Waals surface area (Å²) in [5.74, 6) is 1.65. The fraction of sp³-hybridized carbons (Fsp3) is 0.174. The zero-order valence-corrected chi connectivity index (χ0v) is 16.0. The van der Waals surface area contributed by atoms with Gasteiger partial charge >= 0.3 is 0 Å². The number of carbonyl (C=O) groups excluding carboxylic acids is 1. The van der Waals surface area contributed by atoms with Gasteiger partial charge in [0.1, 0.15) is 0 Å². The molecule has 0 aliphatic carbocycles. The first-order valence-electron chi connectivity index (χ1n) is 9.27. The van der Waals surface area contributed by atoms with Gasteiger partial charge in [0.05, 0.1) is 12.2 Å². The Hall–Kier alpha value is -2.92. The van der Waals surface area contributed by atoms with Crippen molar-refractivity contribution in [3.8, 4) is 11.5 Å². The standard InChI is InChI=1S/C23H19NO3S/c25-23-13-22(17-10-11-19-20(12-17)27-15-26-19)28-21-9-5-4-8-18(21)24(23)14-16-6-2-1-3-7-16/h1-12,22H,13-15H2. The van der Waals surface area contributed by atoms with Crippen LogP contribution in [0.15, 0.2) is 77.7 Å². The summed E-state index contributed by atoms with van der Waals surface area (Å²) in [6.45, 7) is 0.828. The predicted octanol–water partition coefficient (Wildman–Crippen LogP) is 5.19. The summed E-state index contributed by atoms with van der Waals surface area (Å²) >= 11 is 1.74. The van der Waals surface area contributed by atoms with Crippen LogP contribution in [-0.2, 0) is 11.3 Å². The van der Waals surface area contributed by atoms with E-state index >= 15 is 0 Å². The molecular weight excluding hydrogens is 370 g/mol. The molecule has 2 aliphatic rings. The van der Waals surface area contributed by atoms with Gasteiger partial charge in [-0.3, -0.25) is 4.79 Å². The number of benzene rings is 3. The van der Waals surface area contributed by atoms with Gasteiger partial charge in [0.15, 0.2) is 11.5 Å². The van der Waals surface area contributed by atoms with Gasteiger partial charge < -0.3 is 14.4 Å². The lowest BCUT2D eigenvalue weighted by atomic mass is 10.1. The molecule has 28 heavy (non-hydrogen) atoms. The number of hydrogen-bond acceptors (Lipinski definition) is 4. The molecular formula is C23H19NO3S. The van der Waals surface area contributed by atoms with Crippen LogP contribution in [0.2, 0.25) is 0 Å². The summed E-state index contributed by atoms with van der Waals surface area (Å²) in [6.07, 6.45) is 0.436.